The molecular formula is C18H18O3. The fourth-order valence-corrected chi connectivity index (χ4v) is 2.16. The van der Waals surface area contributed by atoms with Crippen LogP contribution >= 0.6 is 0 Å². The summed E-state index contributed by atoms with van der Waals surface area (Å²) in [6.45, 7) is 5.77. The van der Waals surface area contributed by atoms with Crippen molar-refractivity contribution in [2.45, 2.75) is 20.8 Å². The van der Waals surface area contributed by atoms with Gasteiger partial charge in [-0.25, -0.2) is 0 Å². The van der Waals surface area contributed by atoms with Gasteiger partial charge in [0.15, 0.2) is 5.78 Å². The van der Waals surface area contributed by atoms with E-state index in [1.807, 2.05) is 63.2 Å². The van der Waals surface area contributed by atoms with E-state index >= 15 is 0 Å². The molecule has 1 aromatic heterocycles. The fourth-order valence-electron chi connectivity index (χ4n) is 2.16. The van der Waals surface area contributed by atoms with Crippen LogP contribution in [0.4, 0.5) is 0 Å². The Hall–Kier alpha value is -2.29. The predicted molar refractivity (Wildman–Crippen MR) is 83.7 cm³/mol. The molecule has 3 rings (SSSR count). The van der Waals surface area contributed by atoms with E-state index < -0.39 is 0 Å². The van der Waals surface area contributed by atoms with E-state index in [0.717, 1.165) is 21.9 Å². The van der Waals surface area contributed by atoms with Crippen molar-refractivity contribution in [3.8, 4) is 5.75 Å². The number of furan rings is 1. The molecule has 0 unspecified atom stereocenters. The fraction of sp³-hybridized carbons (Fsp3) is 0.278. The van der Waals surface area contributed by atoms with Crippen molar-refractivity contribution in [1.82, 2.24) is 0 Å². The van der Waals surface area contributed by atoms with Crippen LogP contribution < -0.4 is 4.74 Å². The van der Waals surface area contributed by atoms with Gasteiger partial charge in [0.25, 0.3) is 0 Å². The van der Waals surface area contributed by atoms with Crippen molar-refractivity contribution in [2.75, 3.05) is 6.61 Å². The standard InChI is InChI=1S/C18H18O3/c1-18(2,3)17(19)11-20-12-8-9-16-14(10-12)13-6-4-5-7-15(13)21-16/h4-10H,11H2,1-3H3. The van der Waals surface area contributed by atoms with Gasteiger partial charge in [-0.05, 0) is 24.3 Å². The molecule has 3 heteroatoms. The molecule has 2 aromatic carbocycles. The Labute approximate surface area is 123 Å². The predicted octanol–water partition coefficient (Wildman–Crippen LogP) is 4.58. The Morgan fingerprint density at radius 1 is 1.05 bits per heavy atom. The summed E-state index contributed by atoms with van der Waals surface area (Å²) in [5, 5.41) is 2.06. The maximum Gasteiger partial charge on any atom is 0.175 e. The minimum absolute atomic E-state index is 0.0830. The number of fused-ring (bicyclic) bond motifs is 3. The molecule has 1 heterocycles. The zero-order chi connectivity index (χ0) is 15.0. The van der Waals surface area contributed by atoms with Crippen LogP contribution in [0.2, 0.25) is 0 Å². The van der Waals surface area contributed by atoms with E-state index in [1.165, 1.54) is 0 Å². The molecule has 0 spiro atoms. The molecule has 0 saturated heterocycles. The van der Waals surface area contributed by atoms with Crippen molar-refractivity contribution in [1.29, 1.82) is 0 Å². The lowest BCUT2D eigenvalue weighted by Gasteiger charge is -2.16. The van der Waals surface area contributed by atoms with Gasteiger partial charge in [0.05, 0.1) is 0 Å². The summed E-state index contributed by atoms with van der Waals surface area (Å²) in [6.07, 6.45) is 0. The van der Waals surface area contributed by atoms with Crippen LogP contribution in [0.1, 0.15) is 20.8 Å². The second-order valence-corrected chi connectivity index (χ2v) is 6.22. The minimum atomic E-state index is -0.383. The molecule has 0 aliphatic rings. The minimum Gasteiger partial charge on any atom is -0.486 e. The highest BCUT2D eigenvalue weighted by Gasteiger charge is 2.21. The number of para-hydroxylation sites is 1. The molecule has 0 N–H and O–H groups in total. The Morgan fingerprint density at radius 2 is 1.76 bits per heavy atom. The maximum atomic E-state index is 11.9. The first kappa shape index (κ1) is 13.7. The first-order valence-electron chi connectivity index (χ1n) is 7.02. The third-order valence-corrected chi connectivity index (χ3v) is 3.55. The molecule has 0 fully saturated rings. The highest BCUT2D eigenvalue weighted by atomic mass is 16.5. The van der Waals surface area contributed by atoms with Gasteiger partial charge in [0, 0.05) is 16.2 Å². The SMILES string of the molecule is CC(C)(C)C(=O)COc1ccc2oc3ccccc3c2c1. The van der Waals surface area contributed by atoms with Crippen LogP contribution in [0, 0.1) is 5.41 Å². The van der Waals surface area contributed by atoms with Crippen molar-refractivity contribution in [2.24, 2.45) is 5.41 Å². The maximum absolute atomic E-state index is 11.9. The van der Waals surface area contributed by atoms with Crippen LogP contribution in [0.15, 0.2) is 46.9 Å². The van der Waals surface area contributed by atoms with E-state index in [0.29, 0.717) is 5.75 Å². The zero-order valence-corrected chi connectivity index (χ0v) is 12.5. The molecule has 0 radical (unpaired) electrons. The number of hydrogen-bond acceptors (Lipinski definition) is 3. The molecule has 21 heavy (non-hydrogen) atoms. The van der Waals surface area contributed by atoms with E-state index in [4.69, 9.17) is 9.15 Å². The van der Waals surface area contributed by atoms with Crippen molar-refractivity contribution in [3.63, 3.8) is 0 Å². The summed E-state index contributed by atoms with van der Waals surface area (Å²) in [5.74, 6) is 0.770. The largest absolute Gasteiger partial charge is 0.486 e. The zero-order valence-electron chi connectivity index (χ0n) is 12.5. The summed E-state index contributed by atoms with van der Waals surface area (Å²) < 4.78 is 11.4. The third kappa shape index (κ3) is 2.64. The van der Waals surface area contributed by atoms with Crippen LogP contribution in [0.3, 0.4) is 0 Å². The van der Waals surface area contributed by atoms with Gasteiger partial charge in [-0.3, -0.25) is 4.79 Å². The van der Waals surface area contributed by atoms with Gasteiger partial charge in [0.2, 0.25) is 0 Å². The molecule has 108 valence electrons. The van der Waals surface area contributed by atoms with E-state index in [1.54, 1.807) is 0 Å². The summed E-state index contributed by atoms with van der Waals surface area (Å²) in [7, 11) is 0. The molecule has 0 atom stereocenters. The lowest BCUT2D eigenvalue weighted by atomic mass is 9.91. The van der Waals surface area contributed by atoms with Crippen LogP contribution in [-0.2, 0) is 4.79 Å². The average molecular weight is 282 g/mol. The van der Waals surface area contributed by atoms with Crippen molar-refractivity contribution in [3.05, 3.63) is 42.5 Å². The van der Waals surface area contributed by atoms with Gasteiger partial charge in [-0.1, -0.05) is 39.0 Å². The van der Waals surface area contributed by atoms with Crippen molar-refractivity contribution < 1.29 is 13.9 Å². The van der Waals surface area contributed by atoms with E-state index in [2.05, 4.69) is 0 Å². The van der Waals surface area contributed by atoms with Gasteiger partial charge in [-0.2, -0.15) is 0 Å². The highest BCUT2D eigenvalue weighted by molar-refractivity contribution is 6.05. The number of Topliss-reactive ketones (excluding diaryl/α,β-unsaturated/α-hetero) is 1. The van der Waals surface area contributed by atoms with Gasteiger partial charge < -0.3 is 9.15 Å². The Bertz CT molecular complexity index is 806. The number of rotatable bonds is 3. The van der Waals surface area contributed by atoms with Crippen LogP contribution in [0.5, 0.6) is 5.75 Å². The monoisotopic (exact) mass is 282 g/mol. The Morgan fingerprint density at radius 3 is 2.52 bits per heavy atom. The average Bonchev–Trinajstić information content (AvgIpc) is 2.81. The lowest BCUT2D eigenvalue weighted by molar-refractivity contribution is -0.128. The molecule has 3 aromatic rings. The Balaban J connectivity index is 1.90. The number of hydrogen-bond donors (Lipinski definition) is 0. The second kappa shape index (κ2) is 4.92. The second-order valence-electron chi connectivity index (χ2n) is 6.22. The van der Waals surface area contributed by atoms with Crippen LogP contribution in [-0.4, -0.2) is 12.4 Å². The summed E-state index contributed by atoms with van der Waals surface area (Å²) in [6, 6.07) is 13.5. The summed E-state index contributed by atoms with van der Waals surface area (Å²) in [4.78, 5) is 11.9. The van der Waals surface area contributed by atoms with E-state index in [9.17, 15) is 4.79 Å². The molecular weight excluding hydrogens is 264 g/mol. The molecule has 0 aliphatic heterocycles. The topological polar surface area (TPSA) is 39.4 Å². The normalized spacial score (nSPS) is 12.0. The summed E-state index contributed by atoms with van der Waals surface area (Å²) >= 11 is 0. The number of benzene rings is 2. The highest BCUT2D eigenvalue weighted by Crippen LogP contribution is 2.31. The summed E-state index contributed by atoms with van der Waals surface area (Å²) in [5.41, 5.74) is 1.30. The molecule has 3 nitrogen and oxygen atoms in total. The van der Waals surface area contributed by atoms with E-state index in [-0.39, 0.29) is 17.8 Å². The first-order chi connectivity index (χ1) is 9.95. The number of ketones is 1. The quantitative estimate of drug-likeness (QED) is 0.706. The van der Waals surface area contributed by atoms with Gasteiger partial charge >= 0.3 is 0 Å². The number of carbonyl (C=O) groups is 1. The van der Waals surface area contributed by atoms with Crippen molar-refractivity contribution >= 4 is 27.7 Å². The number of ether oxygens (including phenoxy) is 1. The molecule has 0 aliphatic carbocycles. The molecule has 0 bridgehead atoms. The smallest absolute Gasteiger partial charge is 0.175 e. The lowest BCUT2D eigenvalue weighted by Crippen LogP contribution is -2.26. The third-order valence-electron chi connectivity index (χ3n) is 3.55. The molecule has 0 amide bonds. The molecule has 0 saturated carbocycles. The Kier molecular flexibility index (Phi) is 3.20. The van der Waals surface area contributed by atoms with Crippen LogP contribution in [0.25, 0.3) is 21.9 Å². The number of carbonyl (C=O) groups excluding carboxylic acids is 1. The van der Waals surface area contributed by atoms with Gasteiger partial charge in [0.1, 0.15) is 23.5 Å². The van der Waals surface area contributed by atoms with Gasteiger partial charge in [-0.15, -0.1) is 0 Å². The first-order valence-corrected chi connectivity index (χ1v) is 7.02.